The Balaban J connectivity index is 1.78. The van der Waals surface area contributed by atoms with Crippen LogP contribution in [0.25, 0.3) is 0 Å². The van der Waals surface area contributed by atoms with Gasteiger partial charge in [0.2, 0.25) is 0 Å². The average molecular weight is 296 g/mol. The first kappa shape index (κ1) is 16.8. The van der Waals surface area contributed by atoms with Crippen LogP contribution in [0, 0.1) is 5.41 Å². The van der Waals surface area contributed by atoms with E-state index in [1.165, 1.54) is 38.5 Å². The highest BCUT2D eigenvalue weighted by Crippen LogP contribution is 2.46. The van der Waals surface area contributed by atoms with Crippen LogP contribution in [-0.2, 0) is 4.79 Å². The van der Waals surface area contributed by atoms with Crippen molar-refractivity contribution in [1.29, 1.82) is 0 Å². The van der Waals surface area contributed by atoms with Crippen molar-refractivity contribution in [2.24, 2.45) is 5.41 Å². The number of carboxylic acid groups (broad SMARTS) is 1. The van der Waals surface area contributed by atoms with E-state index in [9.17, 15) is 9.90 Å². The zero-order valence-electron chi connectivity index (χ0n) is 13.8. The molecule has 0 amide bonds. The monoisotopic (exact) mass is 296 g/mol. The van der Waals surface area contributed by atoms with Gasteiger partial charge in [-0.2, -0.15) is 0 Å². The standard InChI is InChI=1S/C17H32N2O2/c1-3-11-18-16(2,15(20)21)8-12-19-13-9-17(10-14-19)6-4-5-7-17/h18H,3-14H2,1-2H3,(H,20,21). The molecule has 1 saturated carbocycles. The summed E-state index contributed by atoms with van der Waals surface area (Å²) in [6.45, 7) is 7.88. The maximum Gasteiger partial charge on any atom is 0.323 e. The molecule has 0 aromatic carbocycles. The van der Waals surface area contributed by atoms with Crippen LogP contribution < -0.4 is 5.32 Å². The lowest BCUT2D eigenvalue weighted by Gasteiger charge is -2.40. The largest absolute Gasteiger partial charge is 0.480 e. The number of rotatable bonds is 7. The molecule has 1 heterocycles. The van der Waals surface area contributed by atoms with Gasteiger partial charge >= 0.3 is 5.97 Å². The van der Waals surface area contributed by atoms with Gasteiger partial charge < -0.3 is 15.3 Å². The van der Waals surface area contributed by atoms with Crippen LogP contribution in [0.2, 0.25) is 0 Å². The van der Waals surface area contributed by atoms with Crippen molar-refractivity contribution in [3.8, 4) is 0 Å². The number of piperidine rings is 1. The summed E-state index contributed by atoms with van der Waals surface area (Å²) in [5.74, 6) is -0.722. The average Bonchev–Trinajstić information content (AvgIpc) is 2.93. The molecule has 2 N–H and O–H groups in total. The normalized spacial score (nSPS) is 25.0. The number of nitrogens with zero attached hydrogens (tertiary/aromatic N) is 1. The van der Waals surface area contributed by atoms with E-state index in [2.05, 4.69) is 17.1 Å². The van der Waals surface area contributed by atoms with E-state index in [1.807, 2.05) is 6.92 Å². The van der Waals surface area contributed by atoms with Crippen LogP contribution in [0.3, 0.4) is 0 Å². The van der Waals surface area contributed by atoms with Crippen molar-refractivity contribution in [2.45, 2.75) is 70.8 Å². The Bertz CT molecular complexity index is 343. The van der Waals surface area contributed by atoms with Gasteiger partial charge in [0.1, 0.15) is 5.54 Å². The van der Waals surface area contributed by atoms with Crippen molar-refractivity contribution in [3.05, 3.63) is 0 Å². The van der Waals surface area contributed by atoms with Crippen molar-refractivity contribution in [3.63, 3.8) is 0 Å². The second-order valence-electron chi connectivity index (χ2n) is 7.36. The highest BCUT2D eigenvalue weighted by molar-refractivity contribution is 5.78. The lowest BCUT2D eigenvalue weighted by Crippen LogP contribution is -2.52. The molecule has 4 nitrogen and oxygen atoms in total. The number of aliphatic carboxylic acids is 1. The number of hydrogen-bond acceptors (Lipinski definition) is 3. The first-order chi connectivity index (χ1) is 10.00. The van der Waals surface area contributed by atoms with Gasteiger partial charge in [-0.25, -0.2) is 0 Å². The molecule has 0 bridgehead atoms. The van der Waals surface area contributed by atoms with Gasteiger partial charge in [0.15, 0.2) is 0 Å². The summed E-state index contributed by atoms with van der Waals surface area (Å²) in [5.41, 5.74) is -0.133. The number of hydrogen-bond donors (Lipinski definition) is 2. The molecular formula is C17H32N2O2. The fourth-order valence-corrected chi connectivity index (χ4v) is 3.93. The molecule has 2 fully saturated rings. The Morgan fingerprint density at radius 3 is 2.38 bits per heavy atom. The Hall–Kier alpha value is -0.610. The van der Waals surface area contributed by atoms with E-state index >= 15 is 0 Å². The van der Waals surface area contributed by atoms with E-state index in [1.54, 1.807) is 0 Å². The fraction of sp³-hybridized carbons (Fsp3) is 0.941. The van der Waals surface area contributed by atoms with Crippen molar-refractivity contribution < 1.29 is 9.90 Å². The summed E-state index contributed by atoms with van der Waals surface area (Å²) >= 11 is 0. The summed E-state index contributed by atoms with van der Waals surface area (Å²) < 4.78 is 0. The van der Waals surface area contributed by atoms with E-state index in [4.69, 9.17) is 0 Å². The first-order valence-electron chi connectivity index (χ1n) is 8.70. The molecule has 2 aliphatic rings. The molecule has 1 unspecified atom stereocenters. The minimum Gasteiger partial charge on any atom is -0.480 e. The lowest BCUT2D eigenvalue weighted by atomic mass is 9.77. The summed E-state index contributed by atoms with van der Waals surface area (Å²) in [5, 5.41) is 12.7. The van der Waals surface area contributed by atoms with Gasteiger partial charge in [-0.05, 0) is 70.5 Å². The smallest absolute Gasteiger partial charge is 0.323 e. The van der Waals surface area contributed by atoms with Crippen LogP contribution >= 0.6 is 0 Å². The fourth-order valence-electron chi connectivity index (χ4n) is 3.93. The highest BCUT2D eigenvalue weighted by Gasteiger charge is 2.38. The van der Waals surface area contributed by atoms with Crippen LogP contribution in [0.5, 0.6) is 0 Å². The minimum absolute atomic E-state index is 0.646. The summed E-state index contributed by atoms with van der Waals surface area (Å²) in [6, 6.07) is 0. The maximum absolute atomic E-state index is 11.5. The molecule has 0 aromatic heterocycles. The minimum atomic E-state index is -0.779. The molecule has 1 spiro atoms. The van der Waals surface area contributed by atoms with E-state index in [0.717, 1.165) is 32.6 Å². The zero-order valence-corrected chi connectivity index (χ0v) is 13.8. The Labute approximate surface area is 129 Å². The maximum atomic E-state index is 11.5. The van der Waals surface area contributed by atoms with Crippen molar-refractivity contribution in [2.75, 3.05) is 26.2 Å². The van der Waals surface area contributed by atoms with Gasteiger partial charge in [0, 0.05) is 6.54 Å². The molecule has 1 aliphatic heterocycles. The third-order valence-electron chi connectivity index (χ3n) is 5.75. The van der Waals surface area contributed by atoms with Gasteiger partial charge in [0.25, 0.3) is 0 Å². The first-order valence-corrected chi connectivity index (χ1v) is 8.70. The number of carboxylic acids is 1. The van der Waals surface area contributed by atoms with E-state index in [0.29, 0.717) is 11.8 Å². The Kier molecular flexibility index (Phi) is 5.67. The predicted molar refractivity (Wildman–Crippen MR) is 85.5 cm³/mol. The summed E-state index contributed by atoms with van der Waals surface area (Å²) in [4.78, 5) is 14.0. The van der Waals surface area contributed by atoms with Crippen LogP contribution in [0.15, 0.2) is 0 Å². The third kappa shape index (κ3) is 4.19. The summed E-state index contributed by atoms with van der Waals surface area (Å²) in [6.07, 6.45) is 9.97. The van der Waals surface area contributed by atoms with Gasteiger partial charge in [-0.1, -0.05) is 19.8 Å². The van der Waals surface area contributed by atoms with Crippen LogP contribution in [0.4, 0.5) is 0 Å². The van der Waals surface area contributed by atoms with Crippen LogP contribution in [0.1, 0.15) is 65.2 Å². The number of nitrogens with one attached hydrogen (secondary N) is 1. The molecule has 1 aliphatic carbocycles. The lowest BCUT2D eigenvalue weighted by molar-refractivity contribution is -0.144. The Morgan fingerprint density at radius 2 is 1.86 bits per heavy atom. The predicted octanol–water partition coefficient (Wildman–Crippen LogP) is 2.88. The van der Waals surface area contributed by atoms with Crippen molar-refractivity contribution >= 4 is 5.97 Å². The topological polar surface area (TPSA) is 52.6 Å². The molecule has 21 heavy (non-hydrogen) atoms. The third-order valence-corrected chi connectivity index (χ3v) is 5.75. The molecular weight excluding hydrogens is 264 g/mol. The molecule has 0 radical (unpaired) electrons. The Morgan fingerprint density at radius 1 is 1.24 bits per heavy atom. The van der Waals surface area contributed by atoms with E-state index in [-0.39, 0.29) is 0 Å². The van der Waals surface area contributed by atoms with Crippen molar-refractivity contribution in [1.82, 2.24) is 10.2 Å². The second-order valence-corrected chi connectivity index (χ2v) is 7.36. The SMILES string of the molecule is CCCNC(C)(CCN1CCC2(CCCC2)CC1)C(=O)O. The quantitative estimate of drug-likeness (QED) is 0.758. The van der Waals surface area contributed by atoms with Gasteiger partial charge in [-0.3, -0.25) is 4.79 Å². The van der Waals surface area contributed by atoms with E-state index < -0.39 is 11.5 Å². The number of likely N-dealkylation sites (tertiary alicyclic amines) is 1. The molecule has 2 rings (SSSR count). The van der Waals surface area contributed by atoms with Crippen LogP contribution in [-0.4, -0.2) is 47.7 Å². The van der Waals surface area contributed by atoms with Gasteiger partial charge in [-0.15, -0.1) is 0 Å². The molecule has 4 heteroatoms. The summed E-state index contributed by atoms with van der Waals surface area (Å²) in [7, 11) is 0. The zero-order chi connectivity index (χ0) is 15.3. The molecule has 0 aromatic rings. The second kappa shape index (κ2) is 7.10. The molecule has 1 saturated heterocycles. The highest BCUT2D eigenvalue weighted by atomic mass is 16.4. The number of carbonyl (C=O) groups is 1. The van der Waals surface area contributed by atoms with Gasteiger partial charge in [0.05, 0.1) is 0 Å². The molecule has 122 valence electrons. The molecule has 1 atom stereocenters.